The van der Waals surface area contributed by atoms with Gasteiger partial charge >= 0.3 is 5.69 Å². The SMILES string of the molecule is NC1CC(Oc2ccc([N+](=O)[O-])c3nonc23)C1. The standard InChI is InChI=1S/C10H10N4O4/c11-5-3-6(4-5)17-8-2-1-7(14(15)16)9-10(8)13-18-12-9/h1-2,5-6H,3-4,11H2. The average Bonchev–Trinajstić information content (AvgIpc) is 2.75. The first-order chi connectivity index (χ1) is 8.65. The number of nitro benzene ring substituents is 1. The molecule has 1 fully saturated rings. The minimum absolute atomic E-state index is 0.0290. The van der Waals surface area contributed by atoms with E-state index in [1.54, 1.807) is 0 Å². The van der Waals surface area contributed by atoms with Gasteiger partial charge in [0.15, 0.2) is 11.3 Å². The highest BCUT2D eigenvalue weighted by Crippen LogP contribution is 2.33. The van der Waals surface area contributed by atoms with Crippen molar-refractivity contribution in [3.05, 3.63) is 22.2 Å². The normalized spacial score (nSPS) is 22.7. The third kappa shape index (κ3) is 1.66. The van der Waals surface area contributed by atoms with Crippen molar-refractivity contribution in [3.8, 4) is 5.75 Å². The van der Waals surface area contributed by atoms with Crippen LogP contribution in [-0.2, 0) is 0 Å². The third-order valence-corrected chi connectivity index (χ3v) is 2.98. The van der Waals surface area contributed by atoms with Crippen LogP contribution in [0.2, 0.25) is 0 Å². The lowest BCUT2D eigenvalue weighted by molar-refractivity contribution is -0.383. The van der Waals surface area contributed by atoms with E-state index in [0.717, 1.165) is 12.8 Å². The Hall–Kier alpha value is -2.22. The summed E-state index contributed by atoms with van der Waals surface area (Å²) in [4.78, 5) is 10.3. The van der Waals surface area contributed by atoms with Crippen molar-refractivity contribution >= 4 is 16.7 Å². The molecule has 0 bridgehead atoms. The van der Waals surface area contributed by atoms with Crippen molar-refractivity contribution in [3.63, 3.8) is 0 Å². The van der Waals surface area contributed by atoms with Crippen molar-refractivity contribution < 1.29 is 14.3 Å². The number of nitro groups is 1. The monoisotopic (exact) mass is 250 g/mol. The molecule has 1 aliphatic carbocycles. The molecule has 8 nitrogen and oxygen atoms in total. The van der Waals surface area contributed by atoms with E-state index in [9.17, 15) is 10.1 Å². The van der Waals surface area contributed by atoms with E-state index in [1.807, 2.05) is 0 Å². The van der Waals surface area contributed by atoms with Gasteiger partial charge in [-0.25, -0.2) is 4.63 Å². The number of ether oxygens (including phenoxy) is 1. The Balaban J connectivity index is 1.96. The number of aromatic nitrogens is 2. The van der Waals surface area contributed by atoms with E-state index < -0.39 is 4.92 Å². The van der Waals surface area contributed by atoms with Crippen LogP contribution in [0.1, 0.15) is 12.8 Å². The first kappa shape index (κ1) is 10.9. The maximum atomic E-state index is 10.8. The van der Waals surface area contributed by atoms with Crippen LogP contribution >= 0.6 is 0 Å². The van der Waals surface area contributed by atoms with Gasteiger partial charge in [-0.3, -0.25) is 10.1 Å². The van der Waals surface area contributed by atoms with Crippen LogP contribution in [0, 0.1) is 10.1 Å². The zero-order valence-electron chi connectivity index (χ0n) is 9.28. The topological polar surface area (TPSA) is 117 Å². The number of non-ortho nitro benzene ring substituents is 1. The highest BCUT2D eigenvalue weighted by molar-refractivity contribution is 5.88. The lowest BCUT2D eigenvalue weighted by Gasteiger charge is -2.32. The van der Waals surface area contributed by atoms with E-state index in [4.69, 9.17) is 10.5 Å². The Labute approximate surface area is 101 Å². The molecule has 1 aliphatic rings. The molecule has 2 N–H and O–H groups in total. The fourth-order valence-electron chi connectivity index (χ4n) is 1.96. The van der Waals surface area contributed by atoms with Crippen molar-refractivity contribution in [2.24, 2.45) is 5.73 Å². The summed E-state index contributed by atoms with van der Waals surface area (Å²) in [7, 11) is 0. The summed E-state index contributed by atoms with van der Waals surface area (Å²) < 4.78 is 10.2. The number of hydrogen-bond acceptors (Lipinski definition) is 7. The maximum absolute atomic E-state index is 10.8. The molecule has 0 unspecified atom stereocenters. The quantitative estimate of drug-likeness (QED) is 0.637. The lowest BCUT2D eigenvalue weighted by Crippen LogP contribution is -2.43. The Bertz CT molecular complexity index is 605. The summed E-state index contributed by atoms with van der Waals surface area (Å²) in [5.41, 5.74) is 5.88. The minimum atomic E-state index is -0.532. The molecule has 3 rings (SSSR count). The predicted molar refractivity (Wildman–Crippen MR) is 60.1 cm³/mol. The molecule has 1 saturated carbocycles. The molecule has 0 aliphatic heterocycles. The maximum Gasteiger partial charge on any atom is 0.301 e. The van der Waals surface area contributed by atoms with Crippen LogP contribution in [0.25, 0.3) is 11.0 Å². The van der Waals surface area contributed by atoms with Gasteiger partial charge in [0.05, 0.1) is 4.92 Å². The van der Waals surface area contributed by atoms with Crippen LogP contribution in [0.5, 0.6) is 5.75 Å². The number of hydrogen-bond donors (Lipinski definition) is 1. The fraction of sp³-hybridized carbons (Fsp3) is 0.400. The van der Waals surface area contributed by atoms with Gasteiger partial charge in [0.1, 0.15) is 6.10 Å². The highest BCUT2D eigenvalue weighted by atomic mass is 16.6. The van der Waals surface area contributed by atoms with Gasteiger partial charge in [-0.05, 0) is 29.2 Å². The van der Waals surface area contributed by atoms with E-state index in [0.29, 0.717) is 5.75 Å². The summed E-state index contributed by atoms with van der Waals surface area (Å²) >= 11 is 0. The molecule has 1 heterocycles. The molecule has 0 spiro atoms. The van der Waals surface area contributed by atoms with Gasteiger partial charge in [-0.15, -0.1) is 0 Å². The van der Waals surface area contributed by atoms with Crippen molar-refractivity contribution in [2.75, 3.05) is 0 Å². The molecule has 1 aromatic heterocycles. The molecule has 8 heteroatoms. The molecule has 2 aromatic rings. The second-order valence-electron chi connectivity index (χ2n) is 4.27. The van der Waals surface area contributed by atoms with Gasteiger partial charge < -0.3 is 10.5 Å². The van der Waals surface area contributed by atoms with Crippen molar-refractivity contribution in [1.82, 2.24) is 10.3 Å². The number of benzene rings is 1. The smallest absolute Gasteiger partial charge is 0.301 e. The molecule has 0 amide bonds. The summed E-state index contributed by atoms with van der Waals surface area (Å²) in [6, 6.07) is 3.01. The summed E-state index contributed by atoms with van der Waals surface area (Å²) in [6.45, 7) is 0. The molecule has 0 atom stereocenters. The van der Waals surface area contributed by atoms with Gasteiger partial charge in [0.2, 0.25) is 5.52 Å². The zero-order chi connectivity index (χ0) is 12.7. The highest BCUT2D eigenvalue weighted by Gasteiger charge is 2.29. The fourth-order valence-corrected chi connectivity index (χ4v) is 1.96. The molecule has 1 aromatic carbocycles. The first-order valence-corrected chi connectivity index (χ1v) is 5.47. The van der Waals surface area contributed by atoms with Crippen LogP contribution in [0.15, 0.2) is 16.8 Å². The Morgan fingerprint density at radius 2 is 2.11 bits per heavy atom. The Morgan fingerprint density at radius 1 is 1.39 bits per heavy atom. The Kier molecular flexibility index (Phi) is 2.37. The second kappa shape index (κ2) is 3.91. The van der Waals surface area contributed by atoms with Crippen LogP contribution < -0.4 is 10.5 Å². The summed E-state index contributed by atoms with van der Waals surface area (Å²) in [6.07, 6.45) is 1.56. The number of fused-ring (bicyclic) bond motifs is 1. The Morgan fingerprint density at radius 3 is 2.78 bits per heavy atom. The van der Waals surface area contributed by atoms with Gasteiger partial charge in [-0.1, -0.05) is 0 Å². The van der Waals surface area contributed by atoms with Crippen LogP contribution in [0.4, 0.5) is 5.69 Å². The summed E-state index contributed by atoms with van der Waals surface area (Å²) in [5, 5.41) is 18.0. The molecule has 18 heavy (non-hydrogen) atoms. The molecular weight excluding hydrogens is 240 g/mol. The van der Waals surface area contributed by atoms with E-state index in [1.165, 1.54) is 12.1 Å². The first-order valence-electron chi connectivity index (χ1n) is 5.47. The average molecular weight is 250 g/mol. The van der Waals surface area contributed by atoms with Gasteiger partial charge in [0.25, 0.3) is 0 Å². The summed E-state index contributed by atoms with van der Waals surface area (Å²) in [5.74, 6) is 0.439. The zero-order valence-corrected chi connectivity index (χ0v) is 9.28. The molecule has 0 saturated heterocycles. The van der Waals surface area contributed by atoms with E-state index >= 15 is 0 Å². The third-order valence-electron chi connectivity index (χ3n) is 2.98. The molecule has 94 valence electrons. The van der Waals surface area contributed by atoms with E-state index in [-0.39, 0.29) is 28.9 Å². The minimum Gasteiger partial charge on any atom is -0.488 e. The van der Waals surface area contributed by atoms with Crippen molar-refractivity contribution in [2.45, 2.75) is 25.0 Å². The molecule has 0 radical (unpaired) electrons. The number of nitrogens with zero attached hydrogens (tertiary/aromatic N) is 3. The predicted octanol–water partition coefficient (Wildman–Crippen LogP) is 0.999. The lowest BCUT2D eigenvalue weighted by atomic mass is 9.90. The van der Waals surface area contributed by atoms with Crippen LogP contribution in [0.3, 0.4) is 0 Å². The van der Waals surface area contributed by atoms with Gasteiger partial charge in [-0.2, -0.15) is 0 Å². The van der Waals surface area contributed by atoms with Gasteiger partial charge in [0, 0.05) is 12.1 Å². The van der Waals surface area contributed by atoms with Crippen molar-refractivity contribution in [1.29, 1.82) is 0 Å². The second-order valence-corrected chi connectivity index (χ2v) is 4.27. The van der Waals surface area contributed by atoms with Crippen LogP contribution in [-0.4, -0.2) is 27.4 Å². The molecular formula is C10H10N4O4. The van der Waals surface area contributed by atoms with E-state index in [2.05, 4.69) is 14.9 Å². The number of nitrogens with two attached hydrogens (primary N) is 1. The number of rotatable bonds is 3. The largest absolute Gasteiger partial charge is 0.488 e.